The van der Waals surface area contributed by atoms with Gasteiger partial charge < -0.3 is 106 Å². The Hall–Kier alpha value is -7.02. The minimum Gasteiger partial charge on any atom is -0.870 e. The third-order valence-electron chi connectivity index (χ3n) is 16.4. The number of methoxy groups -OCH3 is 3. The van der Waals surface area contributed by atoms with E-state index in [-0.39, 0.29) is 66.3 Å². The molecule has 4 aromatic rings. The number of aliphatic carboxylic acids is 2. The maximum absolute atomic E-state index is 12.1. The van der Waals surface area contributed by atoms with E-state index in [9.17, 15) is 53.4 Å². The first-order chi connectivity index (χ1) is 48.6. The van der Waals surface area contributed by atoms with Gasteiger partial charge in [-0.15, -0.1) is 0 Å². The molecule has 0 fully saturated rings. The molecule has 0 aliphatic rings. The molecule has 4 aromatic carbocycles. The minimum absolute atomic E-state index is 0. The number of carboxylic acids is 2. The molecule has 0 radical (unpaired) electrons. The molecule has 0 aliphatic carbocycles. The van der Waals surface area contributed by atoms with Crippen LogP contribution in [0.25, 0.3) is 0 Å². The Kier molecular flexibility index (Phi) is 58.2. The quantitative estimate of drug-likeness (QED) is 0.00989. The number of esters is 3. The number of benzene rings is 4. The average molecular weight is 1630 g/mol. The molecule has 0 saturated heterocycles. The van der Waals surface area contributed by atoms with Crippen LogP contribution in [0.15, 0.2) is 121 Å². The van der Waals surface area contributed by atoms with Crippen molar-refractivity contribution in [2.75, 3.05) is 21.3 Å². The van der Waals surface area contributed by atoms with Crippen molar-refractivity contribution in [2.45, 2.75) is 238 Å². The second-order valence-corrected chi connectivity index (χ2v) is 45.6. The van der Waals surface area contributed by atoms with Crippen LogP contribution in [0, 0.1) is 0 Å². The Morgan fingerprint density at radius 1 is 0.422 bits per heavy atom. The number of ether oxygens (including phenoxy) is 7. The molecule has 36 heteroatoms. The van der Waals surface area contributed by atoms with Gasteiger partial charge in [0, 0.05) is 11.6 Å². The van der Waals surface area contributed by atoms with Gasteiger partial charge in [-0.05, 0) is 98.2 Å². The summed E-state index contributed by atoms with van der Waals surface area (Å²) >= 11 is 11.1. The van der Waals surface area contributed by atoms with Crippen molar-refractivity contribution in [3.05, 3.63) is 144 Å². The third kappa shape index (κ3) is 50.5. The maximum atomic E-state index is 12.1. The number of nitrogens with two attached hydrogens (primary N) is 2. The zero-order valence-electron chi connectivity index (χ0n) is 67.6. The summed E-state index contributed by atoms with van der Waals surface area (Å²) in [5.41, 5.74) is 12.7. The summed E-state index contributed by atoms with van der Waals surface area (Å²) in [6, 6.07) is 31.7. The van der Waals surface area contributed by atoms with Gasteiger partial charge in [-0.1, -0.05) is 197 Å². The predicted octanol–water partition coefficient (Wildman–Crippen LogP) is 7.92. The number of carbonyl (C=O) groups excluding carboxylic acids is 7. The fourth-order valence-electron chi connectivity index (χ4n) is 6.73. The molecule has 616 valence electrons. The van der Waals surface area contributed by atoms with Crippen LogP contribution >= 0.6 is 22.7 Å². The largest absolute Gasteiger partial charge is 1.00 e. The average Bonchev–Trinajstić information content (AvgIpc) is 0.826. The number of hydrogen-bond acceptors (Lipinski definition) is 24. The van der Waals surface area contributed by atoms with Crippen LogP contribution in [0.2, 0.25) is 54.4 Å². The van der Waals surface area contributed by atoms with E-state index < -0.39 is 138 Å². The number of carbonyl (C=O) groups is 9. The Morgan fingerprint density at radius 3 is 0.872 bits per heavy atom. The molecule has 0 aromatic heterocycles. The molecular weight excluding hydrogens is 1510 g/mol. The molecule has 3 amide bonds. The molecule has 0 spiro atoms. The van der Waals surface area contributed by atoms with Crippen LogP contribution < -0.4 is 46.3 Å². The van der Waals surface area contributed by atoms with E-state index in [0.717, 1.165) is 22.3 Å². The van der Waals surface area contributed by atoms with Crippen LogP contribution in [0.5, 0.6) is 0 Å². The summed E-state index contributed by atoms with van der Waals surface area (Å²) < 4.78 is 45.6. The predicted molar refractivity (Wildman–Crippen MR) is 420 cm³/mol. The Bertz CT molecular complexity index is 3200. The topological polar surface area (TPSA) is 487 Å². The van der Waals surface area contributed by atoms with E-state index in [1.165, 1.54) is 42.1 Å². The molecule has 0 saturated carbocycles. The summed E-state index contributed by atoms with van der Waals surface area (Å²) in [5, 5.41) is 51.6. The van der Waals surface area contributed by atoms with Gasteiger partial charge in [0.05, 0.1) is 51.8 Å². The molecular formula is C73H122Cl2LiN5O25Si3. The van der Waals surface area contributed by atoms with Gasteiger partial charge in [-0.25, -0.2) is 33.6 Å². The van der Waals surface area contributed by atoms with Crippen LogP contribution in [-0.4, -0.2) is 196 Å². The zero-order chi connectivity index (χ0) is 82.7. The fourth-order valence-corrected chi connectivity index (χ4v) is 9.62. The van der Waals surface area contributed by atoms with E-state index in [2.05, 4.69) is 119 Å². The van der Waals surface area contributed by atoms with Gasteiger partial charge in [0.1, 0.15) is 38.5 Å². The molecule has 0 aliphatic heterocycles. The minimum atomic E-state index is -2.15. The normalized spacial score (nSPS) is 13.6. The molecule has 30 nitrogen and oxygen atoms in total. The summed E-state index contributed by atoms with van der Waals surface area (Å²) in [5.74, 6) is -4.22. The van der Waals surface area contributed by atoms with E-state index in [1.54, 1.807) is 26.0 Å². The van der Waals surface area contributed by atoms with Crippen LogP contribution in [0.1, 0.15) is 119 Å². The number of nitrogens with one attached hydrogen (secondary N) is 3. The van der Waals surface area contributed by atoms with Crippen molar-refractivity contribution in [1.29, 1.82) is 0 Å². The second kappa shape index (κ2) is 56.2. The number of alkyl carbamates (subject to hydrolysis) is 3. The molecule has 0 bridgehead atoms. The molecule has 109 heavy (non-hydrogen) atoms. The molecule has 4 rings (SSSR count). The van der Waals surface area contributed by atoms with Crippen molar-refractivity contribution in [3.8, 4) is 0 Å². The molecule has 15 N–H and O–H groups in total. The van der Waals surface area contributed by atoms with Gasteiger partial charge in [0.15, 0.2) is 42.1 Å². The monoisotopic (exact) mass is 1630 g/mol. The van der Waals surface area contributed by atoms with E-state index in [4.69, 9.17) is 77.3 Å². The van der Waals surface area contributed by atoms with Gasteiger partial charge in [0.25, 0.3) is 0 Å². The van der Waals surface area contributed by atoms with Crippen molar-refractivity contribution >= 4 is 100 Å². The zero-order valence-corrected chi connectivity index (χ0v) is 72.1. The number of hydrogen-bond donors (Lipinski definition) is 10. The fraction of sp³-hybridized carbons (Fsp3) is 0.548. The molecule has 0 unspecified atom stereocenters. The summed E-state index contributed by atoms with van der Waals surface area (Å²) in [7, 11) is -1.97. The van der Waals surface area contributed by atoms with Crippen molar-refractivity contribution in [2.24, 2.45) is 11.5 Å². The first-order valence-electron chi connectivity index (χ1n) is 33.7. The number of aliphatic hydroxyl groups excluding tert-OH is 3. The Balaban J connectivity index is -0.000000297. The van der Waals surface area contributed by atoms with E-state index in [1.807, 2.05) is 122 Å². The summed E-state index contributed by atoms with van der Waals surface area (Å²) in [4.78, 5) is 101. The smallest absolute Gasteiger partial charge is 0.870 e. The SMILES string of the molecule is CC(C)(C)[Si](C)(C)Cl.COC(=O)[C@@H](N)[C@@H](C)O.COC(=O)[C@@H](NC(=O)OCc1ccccc1)[C@@H](C)O.COC(=O)[C@@H](NC(=O)OCc1ccccc1)[C@@H](C)O[Si](C)(C)C(C)(C)C.C[C@@H](O)[C@H](N)C(=O)O.C[C@@H](O[Si](C)(C)C(C)(C)C)[C@H](NC(=O)OCc1ccccc1)C(=O)O.O.O=C(Cl)OCc1ccccc1.[Li+].[OH-]. The van der Waals surface area contributed by atoms with Gasteiger partial charge >= 0.3 is 72.4 Å². The number of carboxylic acid groups (broad SMARTS) is 2. The second-order valence-electron chi connectivity index (χ2n) is 28.5. The maximum Gasteiger partial charge on any atom is 1.00 e. The van der Waals surface area contributed by atoms with Crippen LogP contribution in [-0.2, 0) is 92.4 Å². The van der Waals surface area contributed by atoms with Crippen LogP contribution in [0.3, 0.4) is 0 Å². The van der Waals surface area contributed by atoms with Crippen molar-refractivity contribution in [3.63, 3.8) is 0 Å². The van der Waals surface area contributed by atoms with Gasteiger partial charge in [0.2, 0.25) is 0 Å². The molecule has 10 atom stereocenters. The van der Waals surface area contributed by atoms with E-state index >= 15 is 0 Å². The number of aliphatic hydroxyl groups is 3. The summed E-state index contributed by atoms with van der Waals surface area (Å²) in [6.45, 7) is 39.8. The standard InChI is InChI=1S/C19H31NO5Si.C18H29NO5Si.C13H17NO5.C8H7ClO2.C6H15ClSi.C5H11NO3.C4H9NO3.Li.2H2O/c1-14(25-26(6,7)19(2,3)4)16(17(21)23-5)20-18(22)24-13-15-11-9-8-10-12-15;1-13(24-25(5,6)18(2,3)4)15(16(20)21)19-17(22)23-12-14-10-8-7-9-11-14;1-9(15)11(12(16)18-2)14-13(17)19-8-10-6-4-3-5-7-10;9-8(10)11-6-7-4-2-1-3-5-7;1-6(2,3)8(4,5)7;1-3(7)4(6)5(8)9-2;1-2(6)3(5)4(7)8;;;/h8-12,14,16H,13H2,1-7H3,(H,20,22);7-11,13,15H,12H2,1-6H3,(H,19,22)(H,20,21);3-7,9,11,15H,8H2,1-2H3,(H,14,17);1-5H,6H2;1-5H3;3-4,7H,6H2,1-2H3;2-3,6H,5H2,1H3,(H,7,8);;2*1H2/q;;;;;;;+1;;/p-1/t14-,16+;13-,15+;9-,11+;;;3-,4+;2-,3+;;;/m111..11.../s1. The van der Waals surface area contributed by atoms with Gasteiger partial charge in [-0.3, -0.25) is 9.59 Å². The Labute approximate surface area is 667 Å². The van der Waals surface area contributed by atoms with Crippen molar-refractivity contribution in [1.82, 2.24) is 16.0 Å². The van der Waals surface area contributed by atoms with Crippen LogP contribution in [0.4, 0.5) is 19.2 Å². The third-order valence-corrected chi connectivity index (χ3v) is 30.9. The van der Waals surface area contributed by atoms with E-state index in [0.29, 0.717) is 5.04 Å². The molecule has 0 heterocycles. The van der Waals surface area contributed by atoms with Crippen molar-refractivity contribution < 1.29 is 141 Å². The first kappa shape index (κ1) is 113. The number of amides is 3. The summed E-state index contributed by atoms with van der Waals surface area (Å²) in [6.07, 6.45) is -6.35. The van der Waals surface area contributed by atoms with Gasteiger partial charge in [-0.2, -0.15) is 11.1 Å². The first-order valence-corrected chi connectivity index (χ1v) is 43.9. The number of halogens is 2. The Morgan fingerprint density at radius 2 is 0.670 bits per heavy atom. The number of rotatable bonds is 25.